The van der Waals surface area contributed by atoms with Crippen molar-refractivity contribution in [1.82, 2.24) is 5.16 Å². The van der Waals surface area contributed by atoms with E-state index in [2.05, 4.69) is 26.4 Å². The maximum atomic E-state index is 12.2. The summed E-state index contributed by atoms with van der Waals surface area (Å²) < 4.78 is 11.1. The zero-order valence-corrected chi connectivity index (χ0v) is 12.4. The highest BCUT2D eigenvalue weighted by Crippen LogP contribution is 2.33. The van der Waals surface area contributed by atoms with Crippen LogP contribution in [-0.4, -0.2) is 11.1 Å². The number of carbonyl (C=O) groups excluding carboxylic acids is 1. The van der Waals surface area contributed by atoms with Crippen LogP contribution in [0.2, 0.25) is 0 Å². The zero-order valence-electron chi connectivity index (χ0n) is 10.8. The van der Waals surface area contributed by atoms with Gasteiger partial charge in [0, 0.05) is 9.86 Å². The van der Waals surface area contributed by atoms with Crippen molar-refractivity contribution >= 4 is 38.5 Å². The van der Waals surface area contributed by atoms with E-state index in [4.69, 9.17) is 14.2 Å². The van der Waals surface area contributed by atoms with Crippen molar-refractivity contribution < 1.29 is 13.7 Å². The van der Waals surface area contributed by atoms with Gasteiger partial charge in [-0.05, 0) is 25.1 Å². The smallest absolute Gasteiger partial charge is 0.261 e. The Kier molecular flexibility index (Phi) is 3.23. The SMILES string of the molecule is Cc1oncc1C(=O)Nc1c(C#N)oc2ccc(Br)cc12. The third-order valence-corrected chi connectivity index (χ3v) is 3.48. The summed E-state index contributed by atoms with van der Waals surface area (Å²) in [5.41, 5.74) is 1.16. The van der Waals surface area contributed by atoms with Gasteiger partial charge in [0.1, 0.15) is 28.7 Å². The number of carbonyl (C=O) groups is 1. The molecule has 0 aliphatic carbocycles. The minimum absolute atomic E-state index is 0.0468. The largest absolute Gasteiger partial charge is 0.443 e. The molecule has 0 aliphatic rings. The summed E-state index contributed by atoms with van der Waals surface area (Å²) in [6.45, 7) is 1.64. The van der Waals surface area contributed by atoms with Crippen LogP contribution in [0.15, 0.2) is 37.8 Å². The van der Waals surface area contributed by atoms with Gasteiger partial charge >= 0.3 is 0 Å². The van der Waals surface area contributed by atoms with Gasteiger partial charge < -0.3 is 14.3 Å². The summed E-state index contributed by atoms with van der Waals surface area (Å²) in [5, 5.41) is 16.0. The molecule has 2 aromatic heterocycles. The summed E-state index contributed by atoms with van der Waals surface area (Å²) >= 11 is 3.35. The number of halogens is 1. The second-order valence-electron chi connectivity index (χ2n) is 4.31. The van der Waals surface area contributed by atoms with Gasteiger partial charge in [-0.25, -0.2) is 0 Å². The highest BCUT2D eigenvalue weighted by atomic mass is 79.9. The van der Waals surface area contributed by atoms with Gasteiger partial charge in [-0.1, -0.05) is 21.1 Å². The van der Waals surface area contributed by atoms with Crippen LogP contribution in [0.5, 0.6) is 0 Å². The monoisotopic (exact) mass is 345 g/mol. The number of anilines is 1. The number of hydrogen-bond acceptors (Lipinski definition) is 5. The van der Waals surface area contributed by atoms with Gasteiger partial charge in [-0.15, -0.1) is 0 Å². The molecular weight excluding hydrogens is 338 g/mol. The minimum Gasteiger partial charge on any atom is -0.443 e. The van der Waals surface area contributed by atoms with E-state index < -0.39 is 5.91 Å². The molecule has 0 aliphatic heterocycles. The molecule has 104 valence electrons. The molecule has 0 unspecified atom stereocenters. The standard InChI is InChI=1S/C14H8BrN3O3/c1-7-10(6-17-21-7)14(19)18-13-9-4-8(15)2-3-11(9)20-12(13)5-16/h2-4,6H,1H3,(H,18,19). The molecular formula is C14H8BrN3O3. The Hall–Kier alpha value is -2.59. The molecule has 0 atom stereocenters. The van der Waals surface area contributed by atoms with E-state index in [9.17, 15) is 4.79 Å². The van der Waals surface area contributed by atoms with Crippen LogP contribution in [0.3, 0.4) is 0 Å². The van der Waals surface area contributed by atoms with Crippen molar-refractivity contribution in [3.63, 3.8) is 0 Å². The van der Waals surface area contributed by atoms with Crippen LogP contribution in [0, 0.1) is 18.3 Å². The van der Waals surface area contributed by atoms with Gasteiger partial charge in [0.25, 0.3) is 5.91 Å². The topological polar surface area (TPSA) is 92.1 Å². The first-order valence-corrected chi connectivity index (χ1v) is 6.74. The Morgan fingerprint density at radius 1 is 1.48 bits per heavy atom. The van der Waals surface area contributed by atoms with Gasteiger partial charge in [0.05, 0.1) is 6.20 Å². The van der Waals surface area contributed by atoms with Gasteiger partial charge in [0.2, 0.25) is 5.76 Å². The number of aromatic nitrogens is 1. The maximum absolute atomic E-state index is 12.2. The number of nitrogens with zero attached hydrogens (tertiary/aromatic N) is 2. The van der Waals surface area contributed by atoms with E-state index >= 15 is 0 Å². The molecule has 21 heavy (non-hydrogen) atoms. The lowest BCUT2D eigenvalue weighted by Crippen LogP contribution is -2.12. The summed E-state index contributed by atoms with van der Waals surface area (Å²) in [7, 11) is 0. The van der Waals surface area contributed by atoms with E-state index in [1.54, 1.807) is 25.1 Å². The fourth-order valence-corrected chi connectivity index (χ4v) is 2.33. The number of aryl methyl sites for hydroxylation is 1. The van der Waals surface area contributed by atoms with Crippen molar-refractivity contribution in [1.29, 1.82) is 5.26 Å². The number of nitrogens with one attached hydrogen (secondary N) is 1. The van der Waals surface area contributed by atoms with E-state index in [-0.39, 0.29) is 5.76 Å². The number of hydrogen-bond donors (Lipinski definition) is 1. The summed E-state index contributed by atoms with van der Waals surface area (Å²) in [4.78, 5) is 12.2. The van der Waals surface area contributed by atoms with Crippen molar-refractivity contribution in [3.05, 3.63) is 46.0 Å². The molecule has 0 fully saturated rings. The lowest BCUT2D eigenvalue weighted by atomic mass is 10.2. The van der Waals surface area contributed by atoms with Crippen molar-refractivity contribution in [2.24, 2.45) is 0 Å². The first kappa shape index (κ1) is 13.4. The first-order chi connectivity index (χ1) is 10.1. The van der Waals surface area contributed by atoms with Crippen molar-refractivity contribution in [2.75, 3.05) is 5.32 Å². The average molecular weight is 346 g/mol. The lowest BCUT2D eigenvalue weighted by Gasteiger charge is -2.02. The van der Waals surface area contributed by atoms with Crippen LogP contribution in [0.1, 0.15) is 21.9 Å². The maximum Gasteiger partial charge on any atom is 0.261 e. The molecule has 6 nitrogen and oxygen atoms in total. The van der Waals surface area contributed by atoms with Gasteiger partial charge in [0.15, 0.2) is 0 Å². The fraction of sp³-hybridized carbons (Fsp3) is 0.0714. The highest BCUT2D eigenvalue weighted by Gasteiger charge is 2.19. The normalized spacial score (nSPS) is 10.5. The lowest BCUT2D eigenvalue weighted by molar-refractivity contribution is 0.102. The highest BCUT2D eigenvalue weighted by molar-refractivity contribution is 9.10. The second kappa shape index (κ2) is 5.07. The van der Waals surface area contributed by atoms with E-state index in [1.807, 2.05) is 6.07 Å². The molecule has 0 saturated carbocycles. The molecule has 1 aromatic carbocycles. The Labute approximate surface area is 127 Å². The molecule has 0 radical (unpaired) electrons. The van der Waals surface area contributed by atoms with E-state index in [0.717, 1.165) is 4.47 Å². The third kappa shape index (κ3) is 2.30. The molecule has 3 aromatic rings. The predicted molar refractivity (Wildman–Crippen MR) is 77.8 cm³/mol. The number of rotatable bonds is 2. The molecule has 1 amide bonds. The second-order valence-corrected chi connectivity index (χ2v) is 5.22. The van der Waals surface area contributed by atoms with Crippen LogP contribution in [0.25, 0.3) is 11.0 Å². The van der Waals surface area contributed by atoms with Crippen molar-refractivity contribution in [2.45, 2.75) is 6.92 Å². The van der Waals surface area contributed by atoms with E-state index in [1.165, 1.54) is 6.20 Å². The number of amides is 1. The summed E-state index contributed by atoms with van der Waals surface area (Å²) in [6.07, 6.45) is 1.33. The number of benzene rings is 1. The zero-order chi connectivity index (χ0) is 15.0. The van der Waals surface area contributed by atoms with Crippen LogP contribution >= 0.6 is 15.9 Å². The predicted octanol–water partition coefficient (Wildman–Crippen LogP) is 3.62. The molecule has 2 heterocycles. The summed E-state index contributed by atoms with van der Waals surface area (Å²) in [5.74, 6) is 0.0403. The quantitative estimate of drug-likeness (QED) is 0.765. The van der Waals surface area contributed by atoms with Crippen LogP contribution in [0.4, 0.5) is 5.69 Å². The van der Waals surface area contributed by atoms with Gasteiger partial charge in [-0.2, -0.15) is 5.26 Å². The Balaban J connectivity index is 2.08. The molecule has 3 rings (SSSR count). The number of furan rings is 1. The molecule has 0 spiro atoms. The Morgan fingerprint density at radius 2 is 2.29 bits per heavy atom. The molecule has 7 heteroatoms. The van der Waals surface area contributed by atoms with Gasteiger partial charge in [-0.3, -0.25) is 4.79 Å². The molecule has 0 saturated heterocycles. The van der Waals surface area contributed by atoms with Crippen LogP contribution < -0.4 is 5.32 Å². The Morgan fingerprint density at radius 3 is 2.95 bits per heavy atom. The molecule has 1 N–H and O–H groups in total. The molecule has 0 bridgehead atoms. The number of fused-ring (bicyclic) bond motifs is 1. The average Bonchev–Trinajstić information content (AvgIpc) is 3.03. The van der Waals surface area contributed by atoms with Crippen molar-refractivity contribution in [3.8, 4) is 6.07 Å². The first-order valence-electron chi connectivity index (χ1n) is 5.95. The third-order valence-electron chi connectivity index (χ3n) is 2.99. The number of nitriles is 1. The summed E-state index contributed by atoms with van der Waals surface area (Å²) in [6, 6.07) is 7.22. The fourth-order valence-electron chi connectivity index (χ4n) is 1.97. The minimum atomic E-state index is -0.409. The van der Waals surface area contributed by atoms with E-state index in [0.29, 0.717) is 28.0 Å². The van der Waals surface area contributed by atoms with Crippen LogP contribution in [-0.2, 0) is 0 Å². The Bertz CT molecular complexity index is 889.